The van der Waals surface area contributed by atoms with Crippen LogP contribution >= 0.6 is 0 Å². The molecule has 0 fully saturated rings. The van der Waals surface area contributed by atoms with Crippen LogP contribution in [0.1, 0.15) is 11.1 Å². The Hall–Kier alpha value is -1.79. The number of aliphatic hydroxyl groups excluding tert-OH is 1. The van der Waals surface area contributed by atoms with E-state index in [4.69, 9.17) is 10.2 Å². The summed E-state index contributed by atoms with van der Waals surface area (Å²) in [5.74, 6) is 4.31. The van der Waals surface area contributed by atoms with Crippen LogP contribution in [0.5, 0.6) is 0 Å². The Labute approximate surface area is 82.0 Å². The van der Waals surface area contributed by atoms with Crippen molar-refractivity contribution in [2.75, 3.05) is 6.61 Å². The highest BCUT2D eigenvalue weighted by Crippen LogP contribution is 2.07. The molecule has 0 unspecified atom stereocenters. The van der Waals surface area contributed by atoms with Crippen LogP contribution in [0, 0.1) is 11.8 Å². The summed E-state index contributed by atoms with van der Waals surface area (Å²) in [4.78, 5) is 10.5. The first-order valence-corrected chi connectivity index (χ1v) is 4.13. The smallest absolute Gasteiger partial charge is 0.307 e. The minimum absolute atomic E-state index is 0.0454. The molecule has 0 amide bonds. The monoisotopic (exact) mass is 190 g/mol. The maximum absolute atomic E-state index is 10.5. The Balaban J connectivity index is 2.96. The van der Waals surface area contributed by atoms with Gasteiger partial charge in [0.2, 0.25) is 0 Å². The summed E-state index contributed by atoms with van der Waals surface area (Å²) >= 11 is 0. The standard InChI is InChI=1S/C11H10O3/c12-7-3-6-9-4-1-2-5-10(9)8-11(13)14/h1-2,4-5,12H,7-8H2,(H,13,14). The summed E-state index contributed by atoms with van der Waals surface area (Å²) in [6, 6.07) is 7.01. The fraction of sp³-hybridized carbons (Fsp3) is 0.182. The van der Waals surface area contributed by atoms with Crippen LogP contribution in [0.3, 0.4) is 0 Å². The molecule has 2 N–H and O–H groups in total. The highest BCUT2D eigenvalue weighted by molar-refractivity contribution is 5.71. The SMILES string of the molecule is O=C(O)Cc1ccccc1C#CCO. The zero-order valence-corrected chi connectivity index (χ0v) is 7.53. The van der Waals surface area contributed by atoms with Gasteiger partial charge in [-0.05, 0) is 11.6 Å². The van der Waals surface area contributed by atoms with E-state index in [1.807, 2.05) is 0 Å². The van der Waals surface area contributed by atoms with E-state index >= 15 is 0 Å². The molecule has 0 radical (unpaired) electrons. The number of aliphatic carboxylic acids is 1. The molecule has 0 bridgehead atoms. The Morgan fingerprint density at radius 3 is 2.71 bits per heavy atom. The second-order valence-corrected chi connectivity index (χ2v) is 2.69. The van der Waals surface area contributed by atoms with Gasteiger partial charge in [-0.3, -0.25) is 4.79 Å². The minimum atomic E-state index is -0.886. The van der Waals surface area contributed by atoms with Gasteiger partial charge in [-0.1, -0.05) is 30.0 Å². The van der Waals surface area contributed by atoms with Gasteiger partial charge in [0, 0.05) is 5.56 Å². The van der Waals surface area contributed by atoms with Crippen molar-refractivity contribution in [1.82, 2.24) is 0 Å². The van der Waals surface area contributed by atoms with Gasteiger partial charge in [-0.15, -0.1) is 0 Å². The van der Waals surface area contributed by atoms with Crippen molar-refractivity contribution in [3.63, 3.8) is 0 Å². The predicted octanol–water partition coefficient (Wildman–Crippen LogP) is 0.657. The quantitative estimate of drug-likeness (QED) is 0.673. The van der Waals surface area contributed by atoms with E-state index < -0.39 is 5.97 Å². The summed E-state index contributed by atoms with van der Waals surface area (Å²) in [5, 5.41) is 17.1. The van der Waals surface area contributed by atoms with Gasteiger partial charge < -0.3 is 10.2 Å². The number of aliphatic hydroxyl groups is 1. The summed E-state index contributed by atoms with van der Waals surface area (Å²) in [7, 11) is 0. The van der Waals surface area contributed by atoms with E-state index in [2.05, 4.69) is 11.8 Å². The van der Waals surface area contributed by atoms with E-state index in [-0.39, 0.29) is 13.0 Å². The number of carbonyl (C=O) groups is 1. The number of carboxylic acids is 1. The van der Waals surface area contributed by atoms with Gasteiger partial charge in [0.1, 0.15) is 6.61 Å². The van der Waals surface area contributed by atoms with Crippen molar-refractivity contribution < 1.29 is 15.0 Å². The van der Waals surface area contributed by atoms with Crippen molar-refractivity contribution in [3.8, 4) is 11.8 Å². The predicted molar refractivity (Wildman–Crippen MR) is 51.7 cm³/mol. The topological polar surface area (TPSA) is 57.5 Å². The molecule has 0 aliphatic rings. The van der Waals surface area contributed by atoms with Crippen LogP contribution in [0.15, 0.2) is 24.3 Å². The third kappa shape index (κ3) is 2.92. The highest BCUT2D eigenvalue weighted by Gasteiger charge is 2.03. The van der Waals surface area contributed by atoms with E-state index in [0.29, 0.717) is 11.1 Å². The molecule has 3 heteroatoms. The molecule has 0 heterocycles. The molecule has 0 spiro atoms. The molecule has 72 valence electrons. The van der Waals surface area contributed by atoms with Gasteiger partial charge in [0.15, 0.2) is 0 Å². The first-order valence-electron chi connectivity index (χ1n) is 4.13. The summed E-state index contributed by atoms with van der Waals surface area (Å²) < 4.78 is 0. The second-order valence-electron chi connectivity index (χ2n) is 2.69. The van der Waals surface area contributed by atoms with E-state index in [1.54, 1.807) is 24.3 Å². The molecule has 1 rings (SSSR count). The number of hydrogen-bond donors (Lipinski definition) is 2. The van der Waals surface area contributed by atoms with Crippen LogP contribution in [-0.4, -0.2) is 22.8 Å². The van der Waals surface area contributed by atoms with Crippen LogP contribution in [0.2, 0.25) is 0 Å². The van der Waals surface area contributed by atoms with Crippen molar-refractivity contribution in [3.05, 3.63) is 35.4 Å². The molecular formula is C11H10O3. The molecule has 0 aliphatic carbocycles. The molecular weight excluding hydrogens is 180 g/mol. The van der Waals surface area contributed by atoms with E-state index in [1.165, 1.54) is 0 Å². The molecule has 1 aromatic carbocycles. The Morgan fingerprint density at radius 2 is 2.07 bits per heavy atom. The molecule has 3 nitrogen and oxygen atoms in total. The van der Waals surface area contributed by atoms with Crippen LogP contribution in [0.4, 0.5) is 0 Å². The maximum Gasteiger partial charge on any atom is 0.307 e. The molecule has 0 aliphatic heterocycles. The van der Waals surface area contributed by atoms with Gasteiger partial charge >= 0.3 is 5.97 Å². The summed E-state index contributed by atoms with van der Waals surface area (Å²) in [6.07, 6.45) is -0.0454. The number of rotatable bonds is 2. The lowest BCUT2D eigenvalue weighted by atomic mass is 10.1. The van der Waals surface area contributed by atoms with Gasteiger partial charge in [-0.2, -0.15) is 0 Å². The van der Waals surface area contributed by atoms with Crippen LogP contribution in [-0.2, 0) is 11.2 Å². The Bertz CT molecular complexity index is 385. The number of carboxylic acid groups (broad SMARTS) is 1. The lowest BCUT2D eigenvalue weighted by Crippen LogP contribution is -2.01. The molecule has 0 aromatic heterocycles. The van der Waals surface area contributed by atoms with Crippen LogP contribution < -0.4 is 0 Å². The average Bonchev–Trinajstić information content (AvgIpc) is 2.16. The lowest BCUT2D eigenvalue weighted by molar-refractivity contribution is -0.136. The minimum Gasteiger partial charge on any atom is -0.481 e. The molecule has 1 aromatic rings. The van der Waals surface area contributed by atoms with Crippen molar-refractivity contribution in [2.24, 2.45) is 0 Å². The maximum atomic E-state index is 10.5. The third-order valence-corrected chi connectivity index (χ3v) is 1.66. The first-order chi connectivity index (χ1) is 6.74. The zero-order valence-electron chi connectivity index (χ0n) is 7.53. The van der Waals surface area contributed by atoms with Crippen LogP contribution in [0.25, 0.3) is 0 Å². The summed E-state index contributed by atoms with van der Waals surface area (Å²) in [5.41, 5.74) is 1.32. The summed E-state index contributed by atoms with van der Waals surface area (Å²) in [6.45, 7) is -0.221. The second kappa shape index (κ2) is 5.05. The van der Waals surface area contributed by atoms with E-state index in [0.717, 1.165) is 0 Å². The van der Waals surface area contributed by atoms with Gasteiger partial charge in [-0.25, -0.2) is 0 Å². The van der Waals surface area contributed by atoms with E-state index in [9.17, 15) is 4.79 Å². The van der Waals surface area contributed by atoms with Crippen molar-refractivity contribution in [2.45, 2.75) is 6.42 Å². The zero-order chi connectivity index (χ0) is 10.4. The number of hydrogen-bond acceptors (Lipinski definition) is 2. The lowest BCUT2D eigenvalue weighted by Gasteiger charge is -1.99. The third-order valence-electron chi connectivity index (χ3n) is 1.66. The van der Waals surface area contributed by atoms with Crippen molar-refractivity contribution >= 4 is 5.97 Å². The largest absolute Gasteiger partial charge is 0.481 e. The average molecular weight is 190 g/mol. The van der Waals surface area contributed by atoms with Gasteiger partial charge in [0.25, 0.3) is 0 Å². The fourth-order valence-corrected chi connectivity index (χ4v) is 1.09. The Kier molecular flexibility index (Phi) is 3.71. The first kappa shape index (κ1) is 10.3. The Morgan fingerprint density at radius 1 is 1.36 bits per heavy atom. The van der Waals surface area contributed by atoms with Crippen molar-refractivity contribution in [1.29, 1.82) is 0 Å². The number of benzene rings is 1. The molecule has 0 saturated carbocycles. The molecule has 0 atom stereocenters. The molecule has 14 heavy (non-hydrogen) atoms. The van der Waals surface area contributed by atoms with Gasteiger partial charge in [0.05, 0.1) is 6.42 Å². The normalized spacial score (nSPS) is 8.93. The molecule has 0 saturated heterocycles. The fourth-order valence-electron chi connectivity index (χ4n) is 1.09. The highest BCUT2D eigenvalue weighted by atomic mass is 16.4.